The normalized spacial score (nSPS) is 14.1. The van der Waals surface area contributed by atoms with Crippen molar-refractivity contribution in [2.75, 3.05) is 0 Å². The van der Waals surface area contributed by atoms with Crippen LogP contribution in [0.3, 0.4) is 0 Å². The molecule has 0 fully saturated rings. The lowest BCUT2D eigenvalue weighted by molar-refractivity contribution is -0.144. The van der Waals surface area contributed by atoms with Crippen molar-refractivity contribution in [1.82, 2.24) is 5.32 Å². The van der Waals surface area contributed by atoms with Crippen molar-refractivity contribution in [2.45, 2.75) is 19.1 Å². The lowest BCUT2D eigenvalue weighted by Crippen LogP contribution is -2.47. The second kappa shape index (κ2) is 7.06. The van der Waals surface area contributed by atoms with Gasteiger partial charge in [0.2, 0.25) is 5.91 Å². The number of carboxylic acid groups (broad SMARTS) is 1. The molecule has 0 heterocycles. The number of carbonyl (C=O) groups is 2. The molecule has 2 atom stereocenters. The van der Waals surface area contributed by atoms with Gasteiger partial charge in [0, 0.05) is 10.5 Å². The summed E-state index contributed by atoms with van der Waals surface area (Å²) in [5.41, 5.74) is 0.799. The Kier molecular flexibility index (Phi) is 5.72. The Labute approximate surface area is 119 Å². The smallest absolute Gasteiger partial charge is 0.328 e. The predicted molar refractivity (Wildman–Crippen MR) is 74.4 cm³/mol. The van der Waals surface area contributed by atoms with Gasteiger partial charge in [-0.1, -0.05) is 28.1 Å². The van der Waals surface area contributed by atoms with Crippen molar-refractivity contribution in [1.29, 1.82) is 0 Å². The van der Waals surface area contributed by atoms with E-state index < -0.39 is 24.0 Å². The summed E-state index contributed by atoms with van der Waals surface area (Å²) in [5.74, 6) is -1.85. The van der Waals surface area contributed by atoms with E-state index in [1.165, 1.54) is 13.0 Å². The number of hydrogen-bond donors (Lipinski definition) is 3. The fourth-order valence-corrected chi connectivity index (χ4v) is 1.79. The Morgan fingerprint density at radius 3 is 2.63 bits per heavy atom. The highest BCUT2D eigenvalue weighted by atomic mass is 79.9. The average molecular weight is 328 g/mol. The number of aliphatic hydroxyl groups excluding tert-OH is 1. The Balaban J connectivity index is 2.67. The molecule has 0 radical (unpaired) electrons. The number of halogens is 1. The van der Waals surface area contributed by atoms with Gasteiger partial charge in [0.15, 0.2) is 6.04 Å². The second-order valence-electron chi connectivity index (χ2n) is 3.95. The quantitative estimate of drug-likeness (QED) is 0.714. The van der Waals surface area contributed by atoms with Crippen LogP contribution in [-0.2, 0) is 9.59 Å². The van der Waals surface area contributed by atoms with E-state index in [1.807, 2.05) is 18.2 Å². The van der Waals surface area contributed by atoms with Gasteiger partial charge >= 0.3 is 5.97 Å². The predicted octanol–water partition coefficient (Wildman–Crippen LogP) is 1.41. The molecule has 0 unspecified atom stereocenters. The van der Waals surface area contributed by atoms with Crippen LogP contribution in [0, 0.1) is 0 Å². The first-order valence-electron chi connectivity index (χ1n) is 5.55. The van der Waals surface area contributed by atoms with Crippen molar-refractivity contribution in [2.24, 2.45) is 0 Å². The number of carbonyl (C=O) groups excluding carboxylic acids is 1. The van der Waals surface area contributed by atoms with Crippen LogP contribution in [0.15, 0.2) is 34.8 Å². The highest BCUT2D eigenvalue weighted by molar-refractivity contribution is 9.10. The molecular weight excluding hydrogens is 314 g/mol. The third-order valence-corrected chi connectivity index (χ3v) is 2.82. The molecule has 1 amide bonds. The van der Waals surface area contributed by atoms with E-state index in [0.717, 1.165) is 10.0 Å². The van der Waals surface area contributed by atoms with Gasteiger partial charge in [0.1, 0.15) is 0 Å². The summed E-state index contributed by atoms with van der Waals surface area (Å²) in [5, 5.41) is 20.3. The summed E-state index contributed by atoms with van der Waals surface area (Å²) < 4.78 is 0.877. The molecule has 0 aliphatic heterocycles. The fourth-order valence-electron chi connectivity index (χ4n) is 1.37. The van der Waals surface area contributed by atoms with Gasteiger partial charge < -0.3 is 15.5 Å². The summed E-state index contributed by atoms with van der Waals surface area (Å²) in [6.07, 6.45) is 1.61. The zero-order valence-electron chi connectivity index (χ0n) is 10.2. The van der Waals surface area contributed by atoms with Gasteiger partial charge in [-0.05, 0) is 30.7 Å². The van der Waals surface area contributed by atoms with Crippen molar-refractivity contribution in [3.8, 4) is 0 Å². The van der Waals surface area contributed by atoms with Gasteiger partial charge in [-0.2, -0.15) is 0 Å². The molecule has 0 aromatic heterocycles. The molecular formula is C13H14BrNO4. The number of rotatable bonds is 5. The molecule has 1 aromatic carbocycles. The van der Waals surface area contributed by atoms with Crippen LogP contribution < -0.4 is 5.32 Å². The number of nitrogens with one attached hydrogen (secondary N) is 1. The molecule has 0 spiro atoms. The summed E-state index contributed by atoms with van der Waals surface area (Å²) in [6.45, 7) is 1.30. The minimum Gasteiger partial charge on any atom is -0.480 e. The topological polar surface area (TPSA) is 86.6 Å². The van der Waals surface area contributed by atoms with E-state index in [9.17, 15) is 14.7 Å². The Hall–Kier alpha value is -1.66. The SMILES string of the molecule is C[C@@H](O)[C@H](NC(=O)/C=C/c1cccc(Br)c1)C(=O)O. The van der Waals surface area contributed by atoms with E-state index in [2.05, 4.69) is 21.2 Å². The molecule has 19 heavy (non-hydrogen) atoms. The third kappa shape index (κ3) is 5.23. The van der Waals surface area contributed by atoms with Gasteiger partial charge in [0.25, 0.3) is 0 Å². The number of aliphatic carboxylic acids is 1. The molecule has 102 valence electrons. The Morgan fingerprint density at radius 2 is 2.11 bits per heavy atom. The van der Waals surface area contributed by atoms with Crippen LogP contribution in [0.4, 0.5) is 0 Å². The van der Waals surface area contributed by atoms with E-state index in [-0.39, 0.29) is 0 Å². The first-order valence-corrected chi connectivity index (χ1v) is 6.34. The molecule has 0 saturated heterocycles. The average Bonchev–Trinajstić information content (AvgIpc) is 2.32. The van der Waals surface area contributed by atoms with Crippen molar-refractivity contribution in [3.05, 3.63) is 40.4 Å². The molecule has 3 N–H and O–H groups in total. The monoisotopic (exact) mass is 327 g/mol. The van der Waals surface area contributed by atoms with Crippen molar-refractivity contribution in [3.63, 3.8) is 0 Å². The first-order chi connectivity index (χ1) is 8.90. The number of benzene rings is 1. The maximum absolute atomic E-state index is 11.5. The maximum atomic E-state index is 11.5. The van der Waals surface area contributed by atoms with E-state index >= 15 is 0 Å². The van der Waals surface area contributed by atoms with Crippen LogP contribution in [-0.4, -0.2) is 34.2 Å². The molecule has 0 aliphatic carbocycles. The van der Waals surface area contributed by atoms with Crippen LogP contribution in [0.5, 0.6) is 0 Å². The summed E-state index contributed by atoms with van der Waals surface area (Å²) in [4.78, 5) is 22.3. The molecule has 5 nitrogen and oxygen atoms in total. The maximum Gasteiger partial charge on any atom is 0.328 e. The van der Waals surface area contributed by atoms with E-state index in [4.69, 9.17) is 5.11 Å². The Morgan fingerprint density at radius 1 is 1.42 bits per heavy atom. The van der Waals surface area contributed by atoms with Crippen LogP contribution in [0.1, 0.15) is 12.5 Å². The van der Waals surface area contributed by atoms with Crippen molar-refractivity contribution < 1.29 is 19.8 Å². The zero-order valence-corrected chi connectivity index (χ0v) is 11.8. The molecule has 0 bridgehead atoms. The molecule has 6 heteroatoms. The van der Waals surface area contributed by atoms with E-state index in [0.29, 0.717) is 0 Å². The summed E-state index contributed by atoms with van der Waals surface area (Å²) in [7, 11) is 0. The van der Waals surface area contributed by atoms with Crippen LogP contribution >= 0.6 is 15.9 Å². The second-order valence-corrected chi connectivity index (χ2v) is 4.87. The minimum absolute atomic E-state index is 0.576. The highest BCUT2D eigenvalue weighted by Crippen LogP contribution is 2.12. The molecule has 0 aliphatic rings. The lowest BCUT2D eigenvalue weighted by Gasteiger charge is -2.15. The Bertz CT molecular complexity index is 499. The number of aliphatic hydroxyl groups is 1. The standard InChI is InChI=1S/C13H14BrNO4/c1-8(16)12(13(18)19)15-11(17)6-5-9-3-2-4-10(14)7-9/h2-8,12,16H,1H3,(H,15,17)(H,18,19)/b6-5+/t8-,12+/m1/s1. The third-order valence-electron chi connectivity index (χ3n) is 2.32. The molecule has 1 aromatic rings. The first kappa shape index (κ1) is 15.4. The highest BCUT2D eigenvalue weighted by Gasteiger charge is 2.23. The molecule has 1 rings (SSSR count). The molecule has 0 saturated carbocycles. The fraction of sp³-hybridized carbons (Fsp3) is 0.231. The zero-order chi connectivity index (χ0) is 14.4. The van der Waals surface area contributed by atoms with Gasteiger partial charge in [-0.3, -0.25) is 4.79 Å². The summed E-state index contributed by atoms with van der Waals surface area (Å²) >= 11 is 3.30. The number of carboxylic acids is 1. The van der Waals surface area contributed by atoms with Gasteiger partial charge in [0.05, 0.1) is 6.10 Å². The number of hydrogen-bond acceptors (Lipinski definition) is 3. The minimum atomic E-state index is -1.32. The van der Waals surface area contributed by atoms with E-state index in [1.54, 1.807) is 12.1 Å². The largest absolute Gasteiger partial charge is 0.480 e. The lowest BCUT2D eigenvalue weighted by atomic mass is 10.2. The van der Waals surface area contributed by atoms with Gasteiger partial charge in [-0.15, -0.1) is 0 Å². The summed E-state index contributed by atoms with van der Waals surface area (Å²) in [6, 6.07) is 5.97. The van der Waals surface area contributed by atoms with Crippen LogP contribution in [0.25, 0.3) is 6.08 Å². The van der Waals surface area contributed by atoms with Crippen LogP contribution in [0.2, 0.25) is 0 Å². The van der Waals surface area contributed by atoms with Gasteiger partial charge in [-0.25, -0.2) is 4.79 Å². The van der Waals surface area contributed by atoms with Crippen molar-refractivity contribution >= 4 is 33.9 Å². The number of amides is 1.